The van der Waals surface area contributed by atoms with Crippen LogP contribution in [0, 0.1) is 0 Å². The average Bonchev–Trinajstić information content (AvgIpc) is 3.05. The van der Waals surface area contributed by atoms with Crippen LogP contribution in [0.5, 0.6) is 11.5 Å². The number of ether oxygens (including phenoxy) is 2. The number of benzene rings is 2. The molecule has 0 unspecified atom stereocenters. The van der Waals surface area contributed by atoms with E-state index in [2.05, 4.69) is 15.8 Å². The highest BCUT2D eigenvalue weighted by Crippen LogP contribution is 2.35. The summed E-state index contributed by atoms with van der Waals surface area (Å²) in [5.74, 6) is 2.54. The minimum atomic E-state index is -0.160. The van der Waals surface area contributed by atoms with Gasteiger partial charge in [-0.25, -0.2) is 0 Å². The quantitative estimate of drug-likeness (QED) is 0.492. The molecule has 5 nitrogen and oxygen atoms in total. The van der Waals surface area contributed by atoms with Crippen LogP contribution in [0.1, 0.15) is 0 Å². The standard InChI is InChI=1S/C20H19ClN2O3S3/c1-27-9-6-23-15-10-16-17(26-8-7-25-16)11-18(15)29-20(23)22-19(24)12-28-14-4-2-13(21)3-5-14/h2-5,10-11H,6-9,12H2,1H3. The van der Waals surface area contributed by atoms with E-state index in [4.69, 9.17) is 21.1 Å². The molecule has 0 bridgehead atoms. The number of amides is 1. The number of nitrogens with zero attached hydrogens (tertiary/aromatic N) is 2. The summed E-state index contributed by atoms with van der Waals surface area (Å²) < 4.78 is 14.6. The van der Waals surface area contributed by atoms with Crippen LogP contribution in [0.25, 0.3) is 10.2 Å². The van der Waals surface area contributed by atoms with Gasteiger partial charge in [-0.15, -0.1) is 11.8 Å². The fourth-order valence-corrected chi connectivity index (χ4v) is 5.16. The van der Waals surface area contributed by atoms with Gasteiger partial charge in [0.2, 0.25) is 0 Å². The summed E-state index contributed by atoms with van der Waals surface area (Å²) in [5, 5.41) is 0.682. The minimum absolute atomic E-state index is 0.160. The molecule has 0 aliphatic carbocycles. The molecule has 4 rings (SSSR count). The molecular formula is C20H19ClN2O3S3. The van der Waals surface area contributed by atoms with Crippen molar-refractivity contribution < 1.29 is 14.3 Å². The van der Waals surface area contributed by atoms with Gasteiger partial charge in [0.15, 0.2) is 16.3 Å². The van der Waals surface area contributed by atoms with Crippen molar-refractivity contribution in [3.63, 3.8) is 0 Å². The Kier molecular flexibility index (Phi) is 6.74. The van der Waals surface area contributed by atoms with Gasteiger partial charge in [0.1, 0.15) is 13.2 Å². The molecule has 9 heteroatoms. The zero-order valence-electron chi connectivity index (χ0n) is 15.7. The highest BCUT2D eigenvalue weighted by Gasteiger charge is 2.16. The molecule has 2 aromatic carbocycles. The first-order valence-corrected chi connectivity index (χ1v) is 12.6. The molecule has 0 N–H and O–H groups in total. The van der Waals surface area contributed by atoms with E-state index in [9.17, 15) is 4.79 Å². The molecule has 1 aliphatic rings. The van der Waals surface area contributed by atoms with Gasteiger partial charge in [0.05, 0.1) is 16.0 Å². The van der Waals surface area contributed by atoms with Crippen LogP contribution in [0.15, 0.2) is 46.3 Å². The Morgan fingerprint density at radius 1 is 1.21 bits per heavy atom. The SMILES string of the molecule is CSCCn1c(=NC(=O)CSc2ccc(Cl)cc2)sc2cc3c(cc21)OCCO3. The van der Waals surface area contributed by atoms with Crippen molar-refractivity contribution in [3.8, 4) is 11.5 Å². The molecule has 2 heterocycles. The Morgan fingerprint density at radius 2 is 1.93 bits per heavy atom. The Morgan fingerprint density at radius 3 is 2.66 bits per heavy atom. The molecule has 1 amide bonds. The number of hydrogen-bond donors (Lipinski definition) is 0. The predicted octanol–water partition coefficient (Wildman–Crippen LogP) is 4.71. The second-order valence-electron chi connectivity index (χ2n) is 6.24. The maximum absolute atomic E-state index is 12.5. The fraction of sp³-hybridized carbons (Fsp3) is 0.300. The molecule has 0 atom stereocenters. The molecular weight excluding hydrogens is 448 g/mol. The topological polar surface area (TPSA) is 52.8 Å². The van der Waals surface area contributed by atoms with E-state index in [1.54, 1.807) is 11.8 Å². The van der Waals surface area contributed by atoms with Crippen molar-refractivity contribution in [2.24, 2.45) is 4.99 Å². The first-order valence-electron chi connectivity index (χ1n) is 9.02. The number of aromatic nitrogens is 1. The largest absolute Gasteiger partial charge is 0.486 e. The van der Waals surface area contributed by atoms with E-state index in [0.29, 0.717) is 23.0 Å². The highest BCUT2D eigenvalue weighted by molar-refractivity contribution is 8.00. The van der Waals surface area contributed by atoms with Gasteiger partial charge in [-0.3, -0.25) is 4.79 Å². The molecule has 152 valence electrons. The summed E-state index contributed by atoms with van der Waals surface area (Å²) in [7, 11) is 0. The Balaban J connectivity index is 1.63. The number of fused-ring (bicyclic) bond motifs is 2. The Hall–Kier alpha value is -1.61. The number of hydrogen-bond acceptors (Lipinski definition) is 6. The second-order valence-corrected chi connectivity index (χ2v) is 9.72. The van der Waals surface area contributed by atoms with E-state index in [1.807, 2.05) is 36.4 Å². The molecule has 0 radical (unpaired) electrons. The van der Waals surface area contributed by atoms with Crippen LogP contribution in [0.4, 0.5) is 0 Å². The van der Waals surface area contributed by atoms with E-state index < -0.39 is 0 Å². The maximum Gasteiger partial charge on any atom is 0.258 e. The van der Waals surface area contributed by atoms with E-state index in [1.165, 1.54) is 23.1 Å². The van der Waals surface area contributed by atoms with Crippen LogP contribution in [0.3, 0.4) is 0 Å². The smallest absolute Gasteiger partial charge is 0.258 e. The lowest BCUT2D eigenvalue weighted by molar-refractivity contribution is -0.115. The third kappa shape index (κ3) is 4.94. The lowest BCUT2D eigenvalue weighted by Gasteiger charge is -2.18. The first-order chi connectivity index (χ1) is 14.1. The van der Waals surface area contributed by atoms with Crippen molar-refractivity contribution in [3.05, 3.63) is 46.2 Å². The summed E-state index contributed by atoms with van der Waals surface area (Å²) in [4.78, 5) is 18.6. The van der Waals surface area contributed by atoms with Gasteiger partial charge in [0.25, 0.3) is 5.91 Å². The summed E-state index contributed by atoms with van der Waals surface area (Å²) in [6.07, 6.45) is 2.07. The fourth-order valence-electron chi connectivity index (χ4n) is 2.91. The molecule has 1 aromatic heterocycles. The van der Waals surface area contributed by atoms with Gasteiger partial charge in [-0.1, -0.05) is 22.9 Å². The van der Waals surface area contributed by atoms with Crippen LogP contribution < -0.4 is 14.3 Å². The summed E-state index contributed by atoms with van der Waals surface area (Å²) >= 11 is 10.6. The predicted molar refractivity (Wildman–Crippen MR) is 122 cm³/mol. The monoisotopic (exact) mass is 466 g/mol. The number of halogens is 1. The van der Waals surface area contributed by atoms with E-state index >= 15 is 0 Å². The molecule has 0 saturated carbocycles. The van der Waals surface area contributed by atoms with E-state index in [0.717, 1.165) is 38.9 Å². The van der Waals surface area contributed by atoms with Gasteiger partial charge >= 0.3 is 0 Å². The van der Waals surface area contributed by atoms with Crippen molar-refractivity contribution in [1.29, 1.82) is 0 Å². The minimum Gasteiger partial charge on any atom is -0.486 e. The van der Waals surface area contributed by atoms with Crippen molar-refractivity contribution >= 4 is 62.6 Å². The number of carbonyl (C=O) groups is 1. The van der Waals surface area contributed by atoms with Crippen molar-refractivity contribution in [2.75, 3.05) is 31.0 Å². The first kappa shape index (κ1) is 20.7. The lowest BCUT2D eigenvalue weighted by Crippen LogP contribution is -2.19. The number of aryl methyl sites for hydroxylation is 1. The average molecular weight is 467 g/mol. The Labute approximate surface area is 186 Å². The number of rotatable bonds is 6. The summed E-state index contributed by atoms with van der Waals surface area (Å²) in [6, 6.07) is 11.4. The van der Waals surface area contributed by atoms with Gasteiger partial charge in [-0.2, -0.15) is 16.8 Å². The molecule has 0 spiro atoms. The lowest BCUT2D eigenvalue weighted by atomic mass is 10.2. The second kappa shape index (κ2) is 9.47. The third-order valence-electron chi connectivity index (χ3n) is 4.26. The van der Waals surface area contributed by atoms with Gasteiger partial charge in [-0.05, 0) is 30.5 Å². The number of carbonyl (C=O) groups excluding carboxylic acids is 1. The summed E-state index contributed by atoms with van der Waals surface area (Å²) in [5.41, 5.74) is 1.02. The van der Waals surface area contributed by atoms with Crippen LogP contribution in [0.2, 0.25) is 5.02 Å². The molecule has 1 aliphatic heterocycles. The van der Waals surface area contributed by atoms with Crippen molar-refractivity contribution in [1.82, 2.24) is 4.57 Å². The number of thiazole rings is 1. The number of thioether (sulfide) groups is 2. The van der Waals surface area contributed by atoms with Crippen LogP contribution >= 0.6 is 46.5 Å². The van der Waals surface area contributed by atoms with E-state index in [-0.39, 0.29) is 11.7 Å². The summed E-state index contributed by atoms with van der Waals surface area (Å²) in [6.45, 7) is 1.87. The third-order valence-corrected chi connectivity index (χ3v) is 7.14. The molecule has 0 fully saturated rings. The molecule has 0 saturated heterocycles. The normalized spacial score (nSPS) is 13.8. The van der Waals surface area contributed by atoms with Crippen molar-refractivity contribution in [2.45, 2.75) is 11.4 Å². The highest BCUT2D eigenvalue weighted by atomic mass is 35.5. The van der Waals surface area contributed by atoms with Gasteiger partial charge < -0.3 is 14.0 Å². The zero-order chi connectivity index (χ0) is 20.2. The van der Waals surface area contributed by atoms with Crippen LogP contribution in [-0.2, 0) is 11.3 Å². The molecule has 3 aromatic rings. The maximum atomic E-state index is 12.5. The molecule has 29 heavy (non-hydrogen) atoms. The Bertz CT molecular complexity index is 1090. The zero-order valence-corrected chi connectivity index (χ0v) is 18.9. The van der Waals surface area contributed by atoms with Gasteiger partial charge in [0, 0.05) is 34.3 Å². The van der Waals surface area contributed by atoms with Crippen LogP contribution in [-0.4, -0.2) is 41.4 Å².